The highest BCUT2D eigenvalue weighted by Gasteiger charge is 2.28. The topological polar surface area (TPSA) is 44.8 Å². The van der Waals surface area contributed by atoms with E-state index in [2.05, 4.69) is 6.58 Å². The molecule has 1 aliphatic heterocycles. The fourth-order valence-electron chi connectivity index (χ4n) is 1.51. The van der Waals surface area contributed by atoms with Crippen molar-refractivity contribution in [1.29, 1.82) is 0 Å². The minimum Gasteiger partial charge on any atom is -0.460 e. The van der Waals surface area contributed by atoms with Gasteiger partial charge < -0.3 is 14.2 Å². The Hall–Kier alpha value is -0.870. The summed E-state index contributed by atoms with van der Waals surface area (Å²) in [6.07, 6.45) is 3.29. The standard InChI is InChI=1S/C11H18O4/c1-3-8-14-11(12)9-6-5-7-10(15-9)13-4-2/h3,9-10H,1,4-8H2,2H3. The Morgan fingerprint density at radius 1 is 1.60 bits per heavy atom. The van der Waals surface area contributed by atoms with E-state index < -0.39 is 6.10 Å². The molecule has 1 fully saturated rings. The minimum absolute atomic E-state index is 0.234. The Morgan fingerprint density at radius 2 is 2.40 bits per heavy atom. The molecular formula is C11H18O4. The van der Waals surface area contributed by atoms with Crippen molar-refractivity contribution in [3.63, 3.8) is 0 Å². The molecule has 4 heteroatoms. The monoisotopic (exact) mass is 214 g/mol. The van der Waals surface area contributed by atoms with Crippen LogP contribution in [-0.4, -0.2) is 31.6 Å². The van der Waals surface area contributed by atoms with Crippen molar-refractivity contribution in [2.24, 2.45) is 0 Å². The van der Waals surface area contributed by atoms with Gasteiger partial charge in [-0.05, 0) is 26.2 Å². The highest BCUT2D eigenvalue weighted by molar-refractivity contribution is 5.74. The molecule has 86 valence electrons. The lowest BCUT2D eigenvalue weighted by Gasteiger charge is -2.28. The van der Waals surface area contributed by atoms with E-state index in [1.165, 1.54) is 0 Å². The van der Waals surface area contributed by atoms with Crippen LogP contribution < -0.4 is 0 Å². The zero-order valence-corrected chi connectivity index (χ0v) is 9.11. The van der Waals surface area contributed by atoms with E-state index in [-0.39, 0.29) is 18.9 Å². The second-order valence-corrected chi connectivity index (χ2v) is 3.36. The molecule has 0 radical (unpaired) electrons. The second-order valence-electron chi connectivity index (χ2n) is 3.36. The molecular weight excluding hydrogens is 196 g/mol. The lowest BCUT2D eigenvalue weighted by molar-refractivity contribution is -0.206. The third-order valence-corrected chi connectivity index (χ3v) is 2.18. The van der Waals surface area contributed by atoms with Crippen LogP contribution in [-0.2, 0) is 19.0 Å². The van der Waals surface area contributed by atoms with Gasteiger partial charge in [-0.25, -0.2) is 4.79 Å². The number of hydrogen-bond donors (Lipinski definition) is 0. The SMILES string of the molecule is C=CCOC(=O)C1CCCC(OCC)O1. The molecule has 15 heavy (non-hydrogen) atoms. The number of hydrogen-bond acceptors (Lipinski definition) is 4. The van der Waals surface area contributed by atoms with Crippen molar-refractivity contribution in [2.45, 2.75) is 38.6 Å². The summed E-state index contributed by atoms with van der Waals surface area (Å²) in [4.78, 5) is 11.5. The quantitative estimate of drug-likeness (QED) is 0.515. The molecule has 1 heterocycles. The van der Waals surface area contributed by atoms with Crippen LogP contribution in [0.1, 0.15) is 26.2 Å². The average Bonchev–Trinajstić information content (AvgIpc) is 2.27. The van der Waals surface area contributed by atoms with Gasteiger partial charge in [-0.2, -0.15) is 0 Å². The van der Waals surface area contributed by atoms with Crippen LogP contribution in [0.5, 0.6) is 0 Å². The van der Waals surface area contributed by atoms with Gasteiger partial charge in [0.05, 0.1) is 0 Å². The van der Waals surface area contributed by atoms with Crippen LogP contribution in [0.15, 0.2) is 12.7 Å². The number of esters is 1. The predicted molar refractivity (Wildman–Crippen MR) is 55.3 cm³/mol. The van der Waals surface area contributed by atoms with E-state index in [1.54, 1.807) is 6.08 Å². The van der Waals surface area contributed by atoms with Gasteiger partial charge in [0.25, 0.3) is 0 Å². The molecule has 0 aromatic rings. The highest BCUT2D eigenvalue weighted by atomic mass is 16.7. The molecule has 0 bridgehead atoms. The normalized spacial score (nSPS) is 25.9. The smallest absolute Gasteiger partial charge is 0.335 e. The number of carbonyl (C=O) groups is 1. The van der Waals surface area contributed by atoms with Crippen LogP contribution in [0.2, 0.25) is 0 Å². The van der Waals surface area contributed by atoms with Gasteiger partial charge in [-0.1, -0.05) is 12.7 Å². The first kappa shape index (κ1) is 12.2. The fourth-order valence-corrected chi connectivity index (χ4v) is 1.51. The largest absolute Gasteiger partial charge is 0.460 e. The van der Waals surface area contributed by atoms with Crippen molar-refractivity contribution in [2.75, 3.05) is 13.2 Å². The van der Waals surface area contributed by atoms with E-state index in [9.17, 15) is 4.79 Å². The molecule has 1 aliphatic rings. The maximum atomic E-state index is 11.5. The Labute approximate surface area is 90.2 Å². The van der Waals surface area contributed by atoms with Crippen molar-refractivity contribution in [3.05, 3.63) is 12.7 Å². The van der Waals surface area contributed by atoms with Crippen molar-refractivity contribution >= 4 is 5.97 Å². The molecule has 0 aromatic heterocycles. The molecule has 0 aromatic carbocycles. The average molecular weight is 214 g/mol. The van der Waals surface area contributed by atoms with Crippen LogP contribution in [0.3, 0.4) is 0 Å². The van der Waals surface area contributed by atoms with Crippen LogP contribution in [0.25, 0.3) is 0 Å². The lowest BCUT2D eigenvalue weighted by atomic mass is 10.1. The molecule has 0 aliphatic carbocycles. The third kappa shape index (κ3) is 4.01. The summed E-state index contributed by atoms with van der Waals surface area (Å²) in [7, 11) is 0. The second kappa shape index (κ2) is 6.58. The summed E-state index contributed by atoms with van der Waals surface area (Å²) >= 11 is 0. The summed E-state index contributed by atoms with van der Waals surface area (Å²) in [5, 5.41) is 0. The highest BCUT2D eigenvalue weighted by Crippen LogP contribution is 2.20. The minimum atomic E-state index is -0.477. The molecule has 0 spiro atoms. The molecule has 4 nitrogen and oxygen atoms in total. The summed E-state index contributed by atoms with van der Waals surface area (Å²) in [5.41, 5.74) is 0. The van der Waals surface area contributed by atoms with Gasteiger partial charge in [-0.3, -0.25) is 0 Å². The first-order valence-electron chi connectivity index (χ1n) is 5.32. The molecule has 0 N–H and O–H groups in total. The fraction of sp³-hybridized carbons (Fsp3) is 0.727. The summed E-state index contributed by atoms with van der Waals surface area (Å²) in [6, 6.07) is 0. The lowest BCUT2D eigenvalue weighted by Crippen LogP contribution is -2.36. The van der Waals surface area contributed by atoms with Gasteiger partial charge in [0.2, 0.25) is 0 Å². The van der Waals surface area contributed by atoms with E-state index in [4.69, 9.17) is 14.2 Å². The third-order valence-electron chi connectivity index (χ3n) is 2.18. The van der Waals surface area contributed by atoms with E-state index >= 15 is 0 Å². The van der Waals surface area contributed by atoms with Crippen molar-refractivity contribution in [3.8, 4) is 0 Å². The Balaban J connectivity index is 2.34. The van der Waals surface area contributed by atoms with Crippen LogP contribution in [0, 0.1) is 0 Å². The summed E-state index contributed by atoms with van der Waals surface area (Å²) in [5.74, 6) is -0.320. The molecule has 0 amide bonds. The molecule has 1 rings (SSSR count). The molecule has 2 unspecified atom stereocenters. The van der Waals surface area contributed by atoms with Crippen molar-refractivity contribution in [1.82, 2.24) is 0 Å². The van der Waals surface area contributed by atoms with Gasteiger partial charge in [-0.15, -0.1) is 0 Å². The summed E-state index contributed by atoms with van der Waals surface area (Å²) < 4.78 is 15.7. The molecule has 1 saturated heterocycles. The van der Waals surface area contributed by atoms with Gasteiger partial charge in [0, 0.05) is 6.61 Å². The zero-order chi connectivity index (χ0) is 11.1. The zero-order valence-electron chi connectivity index (χ0n) is 9.11. The van der Waals surface area contributed by atoms with Crippen molar-refractivity contribution < 1.29 is 19.0 Å². The molecule has 0 saturated carbocycles. The van der Waals surface area contributed by atoms with E-state index in [0.717, 1.165) is 12.8 Å². The van der Waals surface area contributed by atoms with Gasteiger partial charge in [0.1, 0.15) is 6.61 Å². The first-order chi connectivity index (χ1) is 7.27. The van der Waals surface area contributed by atoms with E-state index in [0.29, 0.717) is 13.0 Å². The number of rotatable bonds is 5. The van der Waals surface area contributed by atoms with Crippen LogP contribution in [0.4, 0.5) is 0 Å². The van der Waals surface area contributed by atoms with E-state index in [1.807, 2.05) is 6.92 Å². The molecule has 2 atom stereocenters. The van der Waals surface area contributed by atoms with Gasteiger partial charge in [0.15, 0.2) is 12.4 Å². The summed E-state index contributed by atoms with van der Waals surface area (Å²) in [6.45, 7) is 6.22. The number of carbonyl (C=O) groups excluding carboxylic acids is 1. The maximum Gasteiger partial charge on any atom is 0.335 e. The first-order valence-corrected chi connectivity index (χ1v) is 5.32. The van der Waals surface area contributed by atoms with Crippen LogP contribution >= 0.6 is 0 Å². The predicted octanol–water partition coefficient (Wildman–Crippen LogP) is 1.65. The van der Waals surface area contributed by atoms with Gasteiger partial charge >= 0.3 is 5.97 Å². The Kier molecular flexibility index (Phi) is 5.36. The Bertz CT molecular complexity index is 213. The number of ether oxygens (including phenoxy) is 3. The Morgan fingerprint density at radius 3 is 3.07 bits per heavy atom. The maximum absolute atomic E-state index is 11.5.